The summed E-state index contributed by atoms with van der Waals surface area (Å²) in [6, 6.07) is 0. The predicted molar refractivity (Wildman–Crippen MR) is 93.5 cm³/mol. The SMILES string of the molecule is CCN[C@H](C)N=C/C(C)=C(\N)n1cnc2c1C=CC=C[C@@H]2C. The largest absolute Gasteiger partial charge is 0.385 e. The molecular formula is C17H25N5. The van der Waals surface area contributed by atoms with Crippen LogP contribution in [0.1, 0.15) is 45.0 Å². The second kappa shape index (κ2) is 7.22. The molecule has 2 atom stereocenters. The van der Waals surface area contributed by atoms with E-state index in [0.717, 1.165) is 23.5 Å². The Balaban J connectivity index is 2.30. The Morgan fingerprint density at radius 3 is 3.05 bits per heavy atom. The number of aromatic nitrogens is 2. The van der Waals surface area contributed by atoms with Crippen molar-refractivity contribution in [1.29, 1.82) is 0 Å². The first-order valence-electron chi connectivity index (χ1n) is 7.70. The number of nitrogens with two attached hydrogens (primary N) is 1. The van der Waals surface area contributed by atoms with Crippen molar-refractivity contribution in [2.24, 2.45) is 10.7 Å². The fourth-order valence-electron chi connectivity index (χ4n) is 2.38. The molecular weight excluding hydrogens is 274 g/mol. The van der Waals surface area contributed by atoms with Gasteiger partial charge in [0.2, 0.25) is 0 Å². The van der Waals surface area contributed by atoms with Gasteiger partial charge in [-0.3, -0.25) is 14.9 Å². The van der Waals surface area contributed by atoms with E-state index in [1.54, 1.807) is 6.33 Å². The second-order valence-corrected chi connectivity index (χ2v) is 5.50. The molecule has 0 unspecified atom stereocenters. The van der Waals surface area contributed by atoms with Gasteiger partial charge >= 0.3 is 0 Å². The third-order valence-electron chi connectivity index (χ3n) is 3.69. The third-order valence-corrected chi connectivity index (χ3v) is 3.69. The van der Waals surface area contributed by atoms with Gasteiger partial charge in [0.15, 0.2) is 0 Å². The summed E-state index contributed by atoms with van der Waals surface area (Å²) in [4.78, 5) is 8.97. The molecule has 0 bridgehead atoms. The fourth-order valence-corrected chi connectivity index (χ4v) is 2.38. The topological polar surface area (TPSA) is 68.2 Å². The summed E-state index contributed by atoms with van der Waals surface area (Å²) >= 11 is 0. The van der Waals surface area contributed by atoms with Crippen molar-refractivity contribution in [2.45, 2.75) is 39.8 Å². The van der Waals surface area contributed by atoms with Crippen molar-refractivity contribution >= 4 is 18.1 Å². The number of aliphatic imine (C=N–C) groups is 1. The van der Waals surface area contributed by atoms with E-state index in [9.17, 15) is 0 Å². The number of hydrogen-bond acceptors (Lipinski definition) is 4. The molecule has 2 rings (SSSR count). The number of nitrogens with one attached hydrogen (secondary N) is 1. The maximum absolute atomic E-state index is 6.30. The van der Waals surface area contributed by atoms with E-state index in [-0.39, 0.29) is 12.1 Å². The van der Waals surface area contributed by atoms with Gasteiger partial charge in [0.05, 0.1) is 17.6 Å². The zero-order valence-electron chi connectivity index (χ0n) is 13.7. The van der Waals surface area contributed by atoms with Crippen LogP contribution in [0.2, 0.25) is 0 Å². The monoisotopic (exact) mass is 299 g/mol. The van der Waals surface area contributed by atoms with Crippen LogP contribution in [0.3, 0.4) is 0 Å². The molecule has 0 fully saturated rings. The summed E-state index contributed by atoms with van der Waals surface area (Å²) in [6.07, 6.45) is 11.9. The average Bonchev–Trinajstić information content (AvgIpc) is 2.84. The van der Waals surface area contributed by atoms with E-state index >= 15 is 0 Å². The minimum atomic E-state index is 0.0803. The van der Waals surface area contributed by atoms with Gasteiger partial charge in [-0.1, -0.05) is 32.1 Å². The average molecular weight is 299 g/mol. The molecule has 0 radical (unpaired) electrons. The molecule has 0 saturated heterocycles. The van der Waals surface area contributed by atoms with Gasteiger partial charge in [-0.25, -0.2) is 4.98 Å². The van der Waals surface area contributed by atoms with Crippen molar-refractivity contribution < 1.29 is 0 Å². The van der Waals surface area contributed by atoms with Gasteiger partial charge in [-0.05, 0) is 26.5 Å². The maximum Gasteiger partial charge on any atom is 0.113 e. The zero-order valence-corrected chi connectivity index (χ0v) is 13.7. The van der Waals surface area contributed by atoms with E-state index in [2.05, 4.69) is 35.2 Å². The predicted octanol–water partition coefficient (Wildman–Crippen LogP) is 2.74. The molecule has 22 heavy (non-hydrogen) atoms. The Morgan fingerprint density at radius 1 is 1.55 bits per heavy atom. The number of fused-ring (bicyclic) bond motifs is 1. The Bertz CT molecular complexity index is 633. The van der Waals surface area contributed by atoms with Crippen LogP contribution in [0, 0.1) is 0 Å². The highest BCUT2D eigenvalue weighted by Gasteiger charge is 2.16. The van der Waals surface area contributed by atoms with Crippen molar-refractivity contribution in [2.75, 3.05) is 6.54 Å². The summed E-state index contributed by atoms with van der Waals surface area (Å²) in [5, 5.41) is 3.24. The highest BCUT2D eigenvalue weighted by atomic mass is 15.1. The molecule has 0 aromatic carbocycles. The number of imidazole rings is 1. The lowest BCUT2D eigenvalue weighted by Crippen LogP contribution is -2.23. The molecule has 0 amide bonds. The summed E-state index contributed by atoms with van der Waals surface area (Å²) in [5.41, 5.74) is 9.29. The fraction of sp³-hybridized carbons (Fsp3) is 0.412. The molecule has 1 aliphatic rings. The highest BCUT2D eigenvalue weighted by molar-refractivity contribution is 5.85. The molecule has 0 spiro atoms. The van der Waals surface area contributed by atoms with Crippen molar-refractivity contribution in [3.8, 4) is 0 Å². The minimum Gasteiger partial charge on any atom is -0.385 e. The highest BCUT2D eigenvalue weighted by Crippen LogP contribution is 2.25. The van der Waals surface area contributed by atoms with Crippen LogP contribution in [0.25, 0.3) is 11.9 Å². The van der Waals surface area contributed by atoms with Crippen molar-refractivity contribution in [3.05, 3.63) is 41.5 Å². The first-order valence-corrected chi connectivity index (χ1v) is 7.70. The van der Waals surface area contributed by atoms with Crippen LogP contribution in [-0.2, 0) is 0 Å². The molecule has 0 saturated carbocycles. The smallest absolute Gasteiger partial charge is 0.113 e. The molecule has 118 valence electrons. The maximum atomic E-state index is 6.30. The second-order valence-electron chi connectivity index (χ2n) is 5.50. The molecule has 3 N–H and O–H groups in total. The molecule has 0 aliphatic heterocycles. The van der Waals surface area contributed by atoms with E-state index in [1.165, 1.54) is 0 Å². The van der Waals surface area contributed by atoms with Gasteiger partial charge in [0, 0.05) is 17.7 Å². The molecule has 1 aromatic heterocycles. The Labute approximate surface area is 132 Å². The Morgan fingerprint density at radius 2 is 2.32 bits per heavy atom. The molecule has 1 aliphatic carbocycles. The van der Waals surface area contributed by atoms with Crippen LogP contribution in [0.4, 0.5) is 0 Å². The molecule has 5 heteroatoms. The normalized spacial score (nSPS) is 19.9. The van der Waals surface area contributed by atoms with Crippen LogP contribution in [-0.4, -0.2) is 28.5 Å². The van der Waals surface area contributed by atoms with Gasteiger partial charge in [0.25, 0.3) is 0 Å². The zero-order chi connectivity index (χ0) is 16.1. The van der Waals surface area contributed by atoms with Crippen LogP contribution in [0.5, 0.6) is 0 Å². The molecule has 5 nitrogen and oxygen atoms in total. The summed E-state index contributed by atoms with van der Waals surface area (Å²) in [7, 11) is 0. The lowest BCUT2D eigenvalue weighted by Gasteiger charge is -2.10. The molecule has 1 aromatic rings. The van der Waals surface area contributed by atoms with E-state index in [0.29, 0.717) is 5.82 Å². The third kappa shape index (κ3) is 3.54. The quantitative estimate of drug-likeness (QED) is 0.821. The van der Waals surface area contributed by atoms with Crippen molar-refractivity contribution in [3.63, 3.8) is 0 Å². The van der Waals surface area contributed by atoms with Crippen LogP contribution >= 0.6 is 0 Å². The number of allylic oxidation sites excluding steroid dienone is 4. The van der Waals surface area contributed by atoms with Gasteiger partial charge in [-0.2, -0.15) is 0 Å². The van der Waals surface area contributed by atoms with E-state index < -0.39 is 0 Å². The van der Waals surface area contributed by atoms with Crippen LogP contribution in [0.15, 0.2) is 35.1 Å². The van der Waals surface area contributed by atoms with E-state index in [4.69, 9.17) is 5.73 Å². The first-order chi connectivity index (χ1) is 10.5. The van der Waals surface area contributed by atoms with Gasteiger partial charge in [0.1, 0.15) is 12.1 Å². The van der Waals surface area contributed by atoms with Gasteiger partial charge < -0.3 is 5.73 Å². The van der Waals surface area contributed by atoms with Gasteiger partial charge in [-0.15, -0.1) is 0 Å². The minimum absolute atomic E-state index is 0.0803. The Hall–Kier alpha value is -2.14. The summed E-state index contributed by atoms with van der Waals surface area (Å²) in [6.45, 7) is 9.06. The van der Waals surface area contributed by atoms with Crippen molar-refractivity contribution in [1.82, 2.24) is 14.9 Å². The number of hydrogen-bond donors (Lipinski definition) is 2. The number of rotatable bonds is 5. The summed E-state index contributed by atoms with van der Waals surface area (Å²) in [5.74, 6) is 0.932. The lowest BCUT2D eigenvalue weighted by atomic mass is 10.1. The summed E-state index contributed by atoms with van der Waals surface area (Å²) < 4.78 is 1.93. The Kier molecular flexibility index (Phi) is 5.33. The number of nitrogens with zero attached hydrogens (tertiary/aromatic N) is 3. The first kappa shape index (κ1) is 16.2. The van der Waals surface area contributed by atoms with E-state index in [1.807, 2.05) is 42.9 Å². The van der Waals surface area contributed by atoms with Crippen LogP contribution < -0.4 is 11.1 Å². The molecule has 1 heterocycles. The lowest BCUT2D eigenvalue weighted by molar-refractivity contribution is 0.593. The standard InChI is InChI=1S/C17H25N5/c1-5-19-14(4)20-10-13(3)17(18)22-11-21-16-12(2)8-6-7-9-15(16)22/h6-12,14,19H,5,18H2,1-4H3/b17-13+,20-10?/t12-,14-/m0/s1.